The normalized spacial score (nSPS) is 13.4. The van der Waals surface area contributed by atoms with Gasteiger partial charge in [-0.05, 0) is 19.1 Å². The molecular formula is C20H25ClN6O5S. The van der Waals surface area contributed by atoms with Crippen LogP contribution in [0.1, 0.15) is 31.4 Å². The zero-order chi connectivity index (χ0) is 24.2. The number of methoxy groups -OCH3 is 3. The molecule has 0 aliphatic heterocycles. The zero-order valence-corrected chi connectivity index (χ0v) is 20.4. The number of para-hydroxylation sites is 1. The Labute approximate surface area is 197 Å². The minimum absolute atomic E-state index is 0.0408. The molecule has 3 rings (SSSR count). The van der Waals surface area contributed by atoms with Crippen molar-refractivity contribution in [2.24, 2.45) is 0 Å². The Morgan fingerprint density at radius 2 is 1.67 bits per heavy atom. The van der Waals surface area contributed by atoms with Gasteiger partial charge in [0.25, 0.3) is 0 Å². The van der Waals surface area contributed by atoms with Gasteiger partial charge in [0.15, 0.2) is 5.82 Å². The van der Waals surface area contributed by atoms with Crippen LogP contribution >= 0.6 is 11.6 Å². The van der Waals surface area contributed by atoms with Gasteiger partial charge in [0.1, 0.15) is 29.6 Å². The number of halogens is 1. The van der Waals surface area contributed by atoms with Crippen LogP contribution in [0.3, 0.4) is 0 Å². The topological polar surface area (TPSA) is 130 Å². The Morgan fingerprint density at radius 3 is 2.21 bits per heavy atom. The zero-order valence-electron chi connectivity index (χ0n) is 18.8. The number of sulfonamides is 1. The van der Waals surface area contributed by atoms with E-state index >= 15 is 0 Å². The minimum atomic E-state index is -3.95. The van der Waals surface area contributed by atoms with Crippen molar-refractivity contribution in [2.45, 2.75) is 31.6 Å². The van der Waals surface area contributed by atoms with Gasteiger partial charge in [-0.2, -0.15) is 0 Å². The second kappa shape index (κ2) is 10.3. The summed E-state index contributed by atoms with van der Waals surface area (Å²) in [4.78, 5) is 8.28. The van der Waals surface area contributed by atoms with E-state index in [1.165, 1.54) is 38.3 Å². The summed E-state index contributed by atoms with van der Waals surface area (Å²) in [5.41, 5.74) is 0.430. The van der Waals surface area contributed by atoms with Crippen LogP contribution in [0.25, 0.3) is 5.69 Å². The molecule has 3 aromatic rings. The highest BCUT2D eigenvalue weighted by Crippen LogP contribution is 2.35. The first-order chi connectivity index (χ1) is 15.7. The summed E-state index contributed by atoms with van der Waals surface area (Å²) in [7, 11) is 0.544. The predicted octanol–water partition coefficient (Wildman–Crippen LogP) is 2.81. The molecule has 0 saturated heterocycles. The van der Waals surface area contributed by atoms with Crippen molar-refractivity contribution in [3.63, 3.8) is 0 Å². The van der Waals surface area contributed by atoms with E-state index in [0.717, 1.165) is 0 Å². The van der Waals surface area contributed by atoms with Gasteiger partial charge in [-0.1, -0.05) is 24.6 Å². The lowest BCUT2D eigenvalue weighted by molar-refractivity contribution is 0.176. The predicted molar refractivity (Wildman–Crippen MR) is 123 cm³/mol. The number of hydrogen-bond acceptors (Lipinski definition) is 9. The standard InChI is InChI=1S/C20H25ClN6O5S/c1-12(19-22-9-14(21)10-23-19)13(2)33(28,29)26-20-25-24-17(11-30-3)27(20)18-15(31-4)7-6-8-16(18)32-5/h6-10,12-13H,11H2,1-5H3,(H,25,26)/t12-,13-/m0/s1. The lowest BCUT2D eigenvalue weighted by Gasteiger charge is -2.21. The Bertz CT molecular complexity index is 1180. The molecule has 0 bridgehead atoms. The summed E-state index contributed by atoms with van der Waals surface area (Å²) >= 11 is 5.84. The minimum Gasteiger partial charge on any atom is -0.494 e. The molecule has 0 amide bonds. The summed E-state index contributed by atoms with van der Waals surface area (Å²) in [5, 5.41) is 7.61. The molecule has 1 N–H and O–H groups in total. The fourth-order valence-electron chi connectivity index (χ4n) is 3.15. The fourth-order valence-corrected chi connectivity index (χ4v) is 4.48. The van der Waals surface area contributed by atoms with Gasteiger partial charge in [-0.15, -0.1) is 10.2 Å². The van der Waals surface area contributed by atoms with Gasteiger partial charge in [0, 0.05) is 25.4 Å². The number of nitrogens with zero attached hydrogens (tertiary/aromatic N) is 5. The van der Waals surface area contributed by atoms with Crippen molar-refractivity contribution < 1.29 is 22.6 Å². The van der Waals surface area contributed by atoms with E-state index in [4.69, 9.17) is 25.8 Å². The molecular weight excluding hydrogens is 472 g/mol. The summed E-state index contributed by atoms with van der Waals surface area (Å²) in [6, 6.07) is 5.19. The second-order valence-corrected chi connectivity index (χ2v) is 9.59. The smallest absolute Gasteiger partial charge is 0.243 e. The van der Waals surface area contributed by atoms with Gasteiger partial charge in [0.2, 0.25) is 16.0 Å². The van der Waals surface area contributed by atoms with Crippen LogP contribution in [0.15, 0.2) is 30.6 Å². The number of benzene rings is 1. The van der Waals surface area contributed by atoms with Crippen LogP contribution in [0.5, 0.6) is 11.5 Å². The molecule has 2 atom stereocenters. The SMILES string of the molecule is COCc1nnc(NS(=O)(=O)[C@@H](C)[C@H](C)c2ncc(Cl)cn2)n1-c1c(OC)cccc1OC. The summed E-state index contributed by atoms with van der Waals surface area (Å²) in [6.07, 6.45) is 2.85. The first kappa shape index (κ1) is 24.7. The third kappa shape index (κ3) is 5.18. The average molecular weight is 497 g/mol. The van der Waals surface area contributed by atoms with Crippen LogP contribution in [0.2, 0.25) is 5.02 Å². The lowest BCUT2D eigenvalue weighted by Crippen LogP contribution is -2.31. The van der Waals surface area contributed by atoms with Gasteiger partial charge in [-0.3, -0.25) is 9.29 Å². The van der Waals surface area contributed by atoms with Gasteiger partial charge >= 0.3 is 0 Å². The van der Waals surface area contributed by atoms with E-state index in [2.05, 4.69) is 24.9 Å². The van der Waals surface area contributed by atoms with Gasteiger partial charge in [0.05, 0.1) is 24.5 Å². The van der Waals surface area contributed by atoms with Crippen molar-refractivity contribution in [1.82, 2.24) is 24.7 Å². The molecule has 0 radical (unpaired) electrons. The highest BCUT2D eigenvalue weighted by molar-refractivity contribution is 7.93. The lowest BCUT2D eigenvalue weighted by atomic mass is 10.1. The Kier molecular flexibility index (Phi) is 7.72. The summed E-state index contributed by atoms with van der Waals surface area (Å²) < 4.78 is 46.8. The maximum Gasteiger partial charge on any atom is 0.243 e. The molecule has 178 valence electrons. The van der Waals surface area contributed by atoms with Crippen molar-refractivity contribution in [2.75, 3.05) is 26.1 Å². The van der Waals surface area contributed by atoms with Crippen LogP contribution in [0, 0.1) is 0 Å². The van der Waals surface area contributed by atoms with Gasteiger partial charge in [-0.25, -0.2) is 18.4 Å². The third-order valence-corrected chi connectivity index (χ3v) is 7.15. The number of anilines is 1. The maximum atomic E-state index is 13.3. The molecule has 0 spiro atoms. The van der Waals surface area contributed by atoms with Crippen molar-refractivity contribution >= 4 is 27.6 Å². The number of rotatable bonds is 10. The highest BCUT2D eigenvalue weighted by atomic mass is 35.5. The summed E-state index contributed by atoms with van der Waals surface area (Å²) in [5.74, 6) is 0.993. The van der Waals surface area contributed by atoms with Crippen LogP contribution in [0.4, 0.5) is 5.95 Å². The maximum absolute atomic E-state index is 13.3. The fraction of sp³-hybridized carbons (Fsp3) is 0.400. The largest absolute Gasteiger partial charge is 0.494 e. The number of aromatic nitrogens is 5. The molecule has 0 unspecified atom stereocenters. The van der Waals surface area contributed by atoms with E-state index in [1.54, 1.807) is 32.0 Å². The molecule has 33 heavy (non-hydrogen) atoms. The molecule has 11 nitrogen and oxygen atoms in total. The Hall–Kier alpha value is -2.96. The first-order valence-electron chi connectivity index (χ1n) is 9.87. The Balaban J connectivity index is 2.04. The summed E-state index contributed by atoms with van der Waals surface area (Å²) in [6.45, 7) is 3.35. The van der Waals surface area contributed by atoms with Gasteiger partial charge < -0.3 is 14.2 Å². The highest BCUT2D eigenvalue weighted by Gasteiger charge is 2.32. The molecule has 0 aliphatic rings. The second-order valence-electron chi connectivity index (χ2n) is 7.12. The van der Waals surface area contributed by atoms with E-state index in [-0.39, 0.29) is 12.6 Å². The van der Waals surface area contributed by atoms with Crippen molar-refractivity contribution in [1.29, 1.82) is 0 Å². The monoisotopic (exact) mass is 496 g/mol. The van der Waals surface area contributed by atoms with E-state index in [0.29, 0.717) is 33.9 Å². The quantitative estimate of drug-likeness (QED) is 0.450. The first-order valence-corrected chi connectivity index (χ1v) is 11.8. The third-order valence-electron chi connectivity index (χ3n) is 5.10. The molecule has 0 aliphatic carbocycles. The number of nitrogens with one attached hydrogen (secondary N) is 1. The van der Waals surface area contributed by atoms with Crippen LogP contribution in [-0.4, -0.2) is 59.7 Å². The molecule has 0 fully saturated rings. The van der Waals surface area contributed by atoms with Crippen molar-refractivity contribution in [3.8, 4) is 17.2 Å². The molecule has 1 aromatic carbocycles. The van der Waals surface area contributed by atoms with E-state index in [9.17, 15) is 8.42 Å². The Morgan fingerprint density at radius 1 is 1.06 bits per heavy atom. The van der Waals surface area contributed by atoms with E-state index in [1.807, 2.05) is 0 Å². The molecule has 2 aromatic heterocycles. The number of ether oxygens (including phenoxy) is 3. The van der Waals surface area contributed by atoms with Crippen LogP contribution in [-0.2, 0) is 21.4 Å². The van der Waals surface area contributed by atoms with E-state index < -0.39 is 21.2 Å². The van der Waals surface area contributed by atoms with Crippen LogP contribution < -0.4 is 14.2 Å². The molecule has 2 heterocycles. The number of hydrogen-bond donors (Lipinski definition) is 1. The van der Waals surface area contributed by atoms with Crippen molar-refractivity contribution in [3.05, 3.63) is 47.3 Å². The molecule has 0 saturated carbocycles. The molecule has 13 heteroatoms. The average Bonchev–Trinajstić information content (AvgIpc) is 3.18.